The summed E-state index contributed by atoms with van der Waals surface area (Å²) in [7, 11) is 0. The largest absolute Gasteiger partial charge is 0.508 e. The number of phenolic OH excluding ortho intramolecular Hbond substituents is 1. The molecule has 0 unspecified atom stereocenters. The summed E-state index contributed by atoms with van der Waals surface area (Å²) < 4.78 is 0. The van der Waals surface area contributed by atoms with E-state index in [0.717, 1.165) is 11.1 Å². The summed E-state index contributed by atoms with van der Waals surface area (Å²) in [4.78, 5) is 39.5. The number of hydrogen-bond donors (Lipinski definition) is 4. The number of aromatic hydroxyl groups is 1. The molecular formula is C24H24N4O4. The highest BCUT2D eigenvalue weighted by atomic mass is 16.3. The Hall–Kier alpha value is -4.07. The van der Waals surface area contributed by atoms with Gasteiger partial charge in [0.1, 0.15) is 11.8 Å². The van der Waals surface area contributed by atoms with Crippen LogP contribution in [0.2, 0.25) is 0 Å². The molecule has 0 aromatic heterocycles. The third-order valence-electron chi connectivity index (χ3n) is 5.50. The van der Waals surface area contributed by atoms with Crippen molar-refractivity contribution in [1.29, 1.82) is 0 Å². The second-order valence-corrected chi connectivity index (χ2v) is 7.77. The third kappa shape index (κ3) is 4.49. The van der Waals surface area contributed by atoms with Crippen LogP contribution >= 0.6 is 0 Å². The number of anilines is 1. The summed E-state index contributed by atoms with van der Waals surface area (Å²) in [6.45, 7) is 4.14. The highest BCUT2D eigenvalue weighted by Crippen LogP contribution is 2.30. The summed E-state index contributed by atoms with van der Waals surface area (Å²) in [5, 5.41) is 17.7. The average Bonchev–Trinajstić information content (AvgIpc) is 3.17. The molecule has 8 heteroatoms. The Kier molecular flexibility index (Phi) is 5.93. The SMILES string of the molecule is C=CCNC(=O)N[C@H]1C[C@H]2C(=O)Nc3ccc(/C=C/c4ccc(O)cc4)cc3C(=O)N2C1. The van der Waals surface area contributed by atoms with E-state index in [1.165, 1.54) is 4.90 Å². The first-order valence-electron chi connectivity index (χ1n) is 10.3. The van der Waals surface area contributed by atoms with Crippen LogP contribution in [0.3, 0.4) is 0 Å². The van der Waals surface area contributed by atoms with Crippen molar-refractivity contribution in [3.05, 3.63) is 71.8 Å². The molecule has 2 aromatic rings. The van der Waals surface area contributed by atoms with Gasteiger partial charge in [0, 0.05) is 13.1 Å². The smallest absolute Gasteiger partial charge is 0.315 e. The molecule has 0 radical (unpaired) electrons. The first-order chi connectivity index (χ1) is 15.4. The van der Waals surface area contributed by atoms with Crippen LogP contribution < -0.4 is 16.0 Å². The van der Waals surface area contributed by atoms with Gasteiger partial charge in [-0.05, 0) is 41.8 Å². The number of carbonyl (C=O) groups excluding carboxylic acids is 3. The fourth-order valence-corrected chi connectivity index (χ4v) is 3.91. The lowest BCUT2D eigenvalue weighted by Crippen LogP contribution is -2.44. The van der Waals surface area contributed by atoms with Crippen molar-refractivity contribution < 1.29 is 19.5 Å². The molecule has 0 bridgehead atoms. The minimum absolute atomic E-state index is 0.194. The van der Waals surface area contributed by atoms with Gasteiger partial charge in [-0.2, -0.15) is 0 Å². The van der Waals surface area contributed by atoms with Gasteiger partial charge in [-0.1, -0.05) is 36.4 Å². The zero-order valence-electron chi connectivity index (χ0n) is 17.4. The second kappa shape index (κ2) is 8.97. The molecule has 1 fully saturated rings. The lowest BCUT2D eigenvalue weighted by atomic mass is 10.1. The fourth-order valence-electron chi connectivity index (χ4n) is 3.91. The molecule has 2 aliphatic heterocycles. The van der Waals surface area contributed by atoms with Gasteiger partial charge in [0.15, 0.2) is 0 Å². The molecule has 2 heterocycles. The molecular weight excluding hydrogens is 408 g/mol. The van der Waals surface area contributed by atoms with Crippen LogP contribution in [0.4, 0.5) is 10.5 Å². The maximum atomic E-state index is 13.3. The van der Waals surface area contributed by atoms with Crippen molar-refractivity contribution in [2.75, 3.05) is 18.4 Å². The average molecular weight is 432 g/mol. The topological polar surface area (TPSA) is 111 Å². The number of nitrogens with zero attached hydrogens (tertiary/aromatic N) is 1. The van der Waals surface area contributed by atoms with Gasteiger partial charge in [-0.25, -0.2) is 4.79 Å². The van der Waals surface area contributed by atoms with E-state index in [4.69, 9.17) is 0 Å². The summed E-state index contributed by atoms with van der Waals surface area (Å²) in [6, 6.07) is 10.8. The van der Waals surface area contributed by atoms with Gasteiger partial charge in [-0.15, -0.1) is 6.58 Å². The maximum Gasteiger partial charge on any atom is 0.315 e. The van der Waals surface area contributed by atoms with Crippen LogP contribution in [0.5, 0.6) is 5.75 Å². The number of phenols is 1. The lowest BCUT2D eigenvalue weighted by Gasteiger charge is -2.20. The van der Waals surface area contributed by atoms with E-state index in [1.54, 1.807) is 42.5 Å². The van der Waals surface area contributed by atoms with E-state index in [2.05, 4.69) is 22.5 Å². The van der Waals surface area contributed by atoms with E-state index >= 15 is 0 Å². The van der Waals surface area contributed by atoms with Crippen molar-refractivity contribution in [2.24, 2.45) is 0 Å². The summed E-state index contributed by atoms with van der Waals surface area (Å²) in [6.07, 6.45) is 5.66. The Labute approximate surface area is 185 Å². The van der Waals surface area contributed by atoms with Gasteiger partial charge in [-0.3, -0.25) is 9.59 Å². The fraction of sp³-hybridized carbons (Fsp3) is 0.208. The highest BCUT2D eigenvalue weighted by Gasteiger charge is 2.43. The van der Waals surface area contributed by atoms with Crippen LogP contribution in [0.25, 0.3) is 12.2 Å². The molecule has 2 aliphatic rings. The zero-order chi connectivity index (χ0) is 22.7. The summed E-state index contributed by atoms with van der Waals surface area (Å²) in [5.41, 5.74) is 2.59. The minimum Gasteiger partial charge on any atom is -0.508 e. The molecule has 32 heavy (non-hydrogen) atoms. The van der Waals surface area contributed by atoms with E-state index in [0.29, 0.717) is 24.2 Å². The number of nitrogens with one attached hydrogen (secondary N) is 3. The summed E-state index contributed by atoms with van der Waals surface area (Å²) >= 11 is 0. The summed E-state index contributed by atoms with van der Waals surface area (Å²) in [5.74, 6) is -0.320. The molecule has 0 spiro atoms. The number of benzene rings is 2. The van der Waals surface area contributed by atoms with Crippen LogP contribution in [0.1, 0.15) is 27.9 Å². The molecule has 2 aromatic carbocycles. The normalized spacial score (nSPS) is 19.7. The second-order valence-electron chi connectivity index (χ2n) is 7.77. The van der Waals surface area contributed by atoms with Gasteiger partial charge >= 0.3 is 6.03 Å². The Bertz CT molecular complexity index is 1090. The first kappa shape index (κ1) is 21.2. The van der Waals surface area contributed by atoms with Crippen LogP contribution in [0, 0.1) is 0 Å². The predicted molar refractivity (Wildman–Crippen MR) is 122 cm³/mol. The molecule has 4 N–H and O–H groups in total. The number of urea groups is 1. The van der Waals surface area contributed by atoms with Crippen LogP contribution in [0.15, 0.2) is 55.1 Å². The monoisotopic (exact) mass is 432 g/mol. The van der Waals surface area contributed by atoms with Crippen molar-refractivity contribution in [3.63, 3.8) is 0 Å². The number of carbonyl (C=O) groups is 3. The number of amides is 4. The van der Waals surface area contributed by atoms with E-state index in [1.807, 2.05) is 18.2 Å². The molecule has 1 saturated heterocycles. The molecule has 0 aliphatic carbocycles. The van der Waals surface area contributed by atoms with E-state index in [-0.39, 0.29) is 36.2 Å². The number of fused-ring (bicyclic) bond motifs is 2. The highest BCUT2D eigenvalue weighted by molar-refractivity contribution is 6.10. The molecule has 164 valence electrons. The van der Waals surface area contributed by atoms with Crippen LogP contribution in [-0.4, -0.2) is 53.0 Å². The predicted octanol–water partition coefficient (Wildman–Crippen LogP) is 2.58. The minimum atomic E-state index is -0.643. The molecule has 4 rings (SSSR count). The van der Waals surface area contributed by atoms with E-state index in [9.17, 15) is 19.5 Å². The van der Waals surface area contributed by atoms with Crippen molar-refractivity contribution >= 4 is 35.7 Å². The first-order valence-corrected chi connectivity index (χ1v) is 10.3. The Morgan fingerprint density at radius 2 is 1.88 bits per heavy atom. The Balaban J connectivity index is 1.52. The van der Waals surface area contributed by atoms with Crippen LogP contribution in [-0.2, 0) is 4.79 Å². The van der Waals surface area contributed by atoms with Gasteiger partial charge in [0.2, 0.25) is 5.91 Å². The quantitative estimate of drug-likeness (QED) is 0.430. The van der Waals surface area contributed by atoms with Crippen molar-refractivity contribution in [1.82, 2.24) is 15.5 Å². The Morgan fingerprint density at radius 3 is 2.62 bits per heavy atom. The van der Waals surface area contributed by atoms with Crippen molar-refractivity contribution in [2.45, 2.75) is 18.5 Å². The lowest BCUT2D eigenvalue weighted by molar-refractivity contribution is -0.119. The van der Waals surface area contributed by atoms with Gasteiger partial charge < -0.3 is 26.0 Å². The van der Waals surface area contributed by atoms with E-state index < -0.39 is 6.04 Å². The maximum absolute atomic E-state index is 13.3. The molecule has 8 nitrogen and oxygen atoms in total. The Morgan fingerprint density at radius 1 is 1.16 bits per heavy atom. The van der Waals surface area contributed by atoms with Gasteiger partial charge in [0.25, 0.3) is 5.91 Å². The molecule has 4 amide bonds. The number of hydrogen-bond acceptors (Lipinski definition) is 4. The van der Waals surface area contributed by atoms with Gasteiger partial charge in [0.05, 0.1) is 17.3 Å². The molecule has 2 atom stereocenters. The number of rotatable bonds is 5. The third-order valence-corrected chi connectivity index (χ3v) is 5.50. The van der Waals surface area contributed by atoms with Crippen molar-refractivity contribution in [3.8, 4) is 5.75 Å². The molecule has 0 saturated carbocycles. The standard InChI is InChI=1S/C24H24N4O4/c1-2-11-25-24(32)26-17-13-21-22(30)27-20-10-7-16(12-19(20)23(31)28(21)14-17)4-3-15-5-8-18(29)9-6-15/h2-10,12,17,21,29H,1,11,13-14H2,(H,27,30)(H2,25,26,32)/b4-3+/t17-,21-/m0/s1. The zero-order valence-corrected chi connectivity index (χ0v) is 17.4.